The van der Waals surface area contributed by atoms with E-state index in [1.807, 2.05) is 0 Å². The molecule has 2 heterocycles. The quantitative estimate of drug-likeness (QED) is 0.867. The maximum atomic E-state index is 14.1. The summed E-state index contributed by atoms with van der Waals surface area (Å²) in [4.78, 5) is 23.4. The van der Waals surface area contributed by atoms with Crippen LogP contribution in [0.2, 0.25) is 0 Å². The highest BCUT2D eigenvalue weighted by Gasteiger charge is 2.36. The number of pyridine rings is 1. The predicted octanol–water partition coefficient (Wildman–Crippen LogP) is 1.67. The van der Waals surface area contributed by atoms with Gasteiger partial charge in [0.15, 0.2) is 17.3 Å². The standard InChI is InChI=1S/C14H12F2N2O4/c1-14(2)17(3)18-5-7(13(20)21)11(19)6-4-8(15)9(16)12(22-14)10(6)18/h4-5H,1-3H3,(H,20,21). The number of carboxylic acids is 1. The number of ether oxygens (including phenoxy) is 1. The first kappa shape index (κ1) is 14.3. The first-order valence-electron chi connectivity index (χ1n) is 6.39. The van der Waals surface area contributed by atoms with Crippen molar-refractivity contribution in [3.8, 4) is 5.75 Å². The van der Waals surface area contributed by atoms with E-state index in [9.17, 15) is 18.4 Å². The molecule has 8 heteroatoms. The van der Waals surface area contributed by atoms with Crippen LogP contribution in [0.3, 0.4) is 0 Å². The molecule has 0 atom stereocenters. The van der Waals surface area contributed by atoms with Gasteiger partial charge in [-0.1, -0.05) is 0 Å². The Hall–Kier alpha value is -2.64. The van der Waals surface area contributed by atoms with E-state index in [0.717, 1.165) is 6.20 Å². The lowest BCUT2D eigenvalue weighted by molar-refractivity contribution is 0.0668. The van der Waals surface area contributed by atoms with Gasteiger partial charge in [-0.05, 0) is 19.9 Å². The van der Waals surface area contributed by atoms with Gasteiger partial charge in [0, 0.05) is 13.2 Å². The predicted molar refractivity (Wildman–Crippen MR) is 73.9 cm³/mol. The zero-order valence-corrected chi connectivity index (χ0v) is 12.0. The van der Waals surface area contributed by atoms with Gasteiger partial charge in [0.25, 0.3) is 0 Å². The van der Waals surface area contributed by atoms with Crippen LogP contribution >= 0.6 is 0 Å². The fourth-order valence-corrected chi connectivity index (χ4v) is 2.44. The summed E-state index contributed by atoms with van der Waals surface area (Å²) in [6.07, 6.45) is 1.08. The monoisotopic (exact) mass is 310 g/mol. The zero-order valence-electron chi connectivity index (χ0n) is 12.0. The third-order valence-electron chi connectivity index (χ3n) is 3.80. The van der Waals surface area contributed by atoms with Gasteiger partial charge in [-0.25, -0.2) is 9.18 Å². The van der Waals surface area contributed by atoms with E-state index < -0.39 is 40.1 Å². The fraction of sp³-hybridized carbons (Fsp3) is 0.286. The topological polar surface area (TPSA) is 71.8 Å². The van der Waals surface area contributed by atoms with Crippen molar-refractivity contribution < 1.29 is 23.4 Å². The molecule has 0 radical (unpaired) electrons. The minimum atomic E-state index is -1.44. The molecule has 0 unspecified atom stereocenters. The molecule has 6 nitrogen and oxygen atoms in total. The lowest BCUT2D eigenvalue weighted by Crippen LogP contribution is -2.55. The summed E-state index contributed by atoms with van der Waals surface area (Å²) in [7, 11) is 1.58. The van der Waals surface area contributed by atoms with Crippen molar-refractivity contribution in [2.24, 2.45) is 0 Å². The SMILES string of the molecule is CN1n2cc(C(=O)O)c(=O)c3cc(F)c(F)c(c32)OC1(C)C. The minimum absolute atomic E-state index is 0.00396. The molecule has 0 aliphatic carbocycles. The molecule has 1 aliphatic heterocycles. The number of carbonyl (C=O) groups is 1. The molecule has 0 fully saturated rings. The highest BCUT2D eigenvalue weighted by atomic mass is 19.2. The van der Waals surface area contributed by atoms with Crippen LogP contribution in [0.25, 0.3) is 10.9 Å². The number of aromatic carboxylic acids is 1. The largest absolute Gasteiger partial charge is 0.477 e. The van der Waals surface area contributed by atoms with Crippen LogP contribution in [0.5, 0.6) is 5.75 Å². The van der Waals surface area contributed by atoms with E-state index in [4.69, 9.17) is 9.84 Å². The van der Waals surface area contributed by atoms with Crippen LogP contribution in [0.4, 0.5) is 8.78 Å². The molecule has 1 aromatic heterocycles. The first-order valence-corrected chi connectivity index (χ1v) is 6.39. The number of rotatable bonds is 1. The number of benzene rings is 1. The van der Waals surface area contributed by atoms with Crippen LogP contribution in [-0.2, 0) is 0 Å². The third kappa shape index (κ3) is 1.69. The summed E-state index contributed by atoms with van der Waals surface area (Å²) in [6.45, 7) is 3.20. The number of hydrogen-bond acceptors (Lipinski definition) is 4. The van der Waals surface area contributed by atoms with Crippen molar-refractivity contribution in [1.82, 2.24) is 4.68 Å². The first-order chi connectivity index (χ1) is 10.1. The van der Waals surface area contributed by atoms with Crippen molar-refractivity contribution in [3.63, 3.8) is 0 Å². The van der Waals surface area contributed by atoms with Gasteiger partial charge < -0.3 is 9.84 Å². The van der Waals surface area contributed by atoms with Crippen LogP contribution < -0.4 is 15.2 Å². The van der Waals surface area contributed by atoms with Gasteiger partial charge in [-0.15, -0.1) is 0 Å². The summed E-state index contributed by atoms with van der Waals surface area (Å²) in [6, 6.07) is 0.689. The average molecular weight is 310 g/mol. The summed E-state index contributed by atoms with van der Waals surface area (Å²) in [5, 5.41) is 10.4. The molecule has 1 aromatic carbocycles. The van der Waals surface area contributed by atoms with Crippen molar-refractivity contribution in [2.45, 2.75) is 19.6 Å². The highest BCUT2D eigenvalue weighted by Crippen LogP contribution is 2.36. The summed E-state index contributed by atoms with van der Waals surface area (Å²) in [5.74, 6) is -4.34. The minimum Gasteiger partial charge on any atom is -0.477 e. The summed E-state index contributed by atoms with van der Waals surface area (Å²) >= 11 is 0. The van der Waals surface area contributed by atoms with Crippen LogP contribution in [0, 0.1) is 11.6 Å². The van der Waals surface area contributed by atoms with Crippen molar-refractivity contribution in [2.75, 3.05) is 12.1 Å². The molecule has 0 bridgehead atoms. The highest BCUT2D eigenvalue weighted by molar-refractivity contribution is 5.94. The molecular weight excluding hydrogens is 298 g/mol. The molecule has 116 valence electrons. The lowest BCUT2D eigenvalue weighted by Gasteiger charge is -2.43. The Balaban J connectivity index is 2.57. The summed E-state index contributed by atoms with van der Waals surface area (Å²) < 4.78 is 34.6. The molecule has 22 heavy (non-hydrogen) atoms. The fourth-order valence-electron chi connectivity index (χ4n) is 2.44. The number of halogens is 2. The molecule has 1 N–H and O–H groups in total. The Morgan fingerprint density at radius 2 is 2.00 bits per heavy atom. The molecular formula is C14H12F2N2O4. The van der Waals surface area contributed by atoms with E-state index >= 15 is 0 Å². The molecule has 0 spiro atoms. The van der Waals surface area contributed by atoms with Gasteiger partial charge in [-0.3, -0.25) is 14.5 Å². The average Bonchev–Trinajstić information content (AvgIpc) is 2.42. The Bertz CT molecular complexity index is 889. The third-order valence-corrected chi connectivity index (χ3v) is 3.80. The molecule has 0 saturated carbocycles. The summed E-state index contributed by atoms with van der Waals surface area (Å²) in [5.41, 5.74) is -2.50. The second-order valence-corrected chi connectivity index (χ2v) is 5.49. The van der Waals surface area contributed by atoms with E-state index in [1.54, 1.807) is 20.9 Å². The van der Waals surface area contributed by atoms with Crippen LogP contribution in [-0.4, -0.2) is 28.5 Å². The number of nitrogens with zero attached hydrogens (tertiary/aromatic N) is 2. The van der Waals surface area contributed by atoms with Crippen molar-refractivity contribution in [1.29, 1.82) is 0 Å². The number of hydrogen-bond donors (Lipinski definition) is 1. The van der Waals surface area contributed by atoms with Gasteiger partial charge in [0.2, 0.25) is 11.2 Å². The number of carboxylic acid groups (broad SMARTS) is 1. The van der Waals surface area contributed by atoms with E-state index in [-0.39, 0.29) is 10.9 Å². The maximum Gasteiger partial charge on any atom is 0.341 e. The van der Waals surface area contributed by atoms with Crippen molar-refractivity contribution >= 4 is 16.9 Å². The zero-order chi connectivity index (χ0) is 16.4. The maximum absolute atomic E-state index is 14.1. The Kier molecular flexibility index (Phi) is 2.72. The molecule has 0 amide bonds. The van der Waals surface area contributed by atoms with Gasteiger partial charge in [-0.2, -0.15) is 4.39 Å². The van der Waals surface area contributed by atoms with E-state index in [1.165, 1.54) is 9.69 Å². The molecule has 3 rings (SSSR count). The van der Waals surface area contributed by atoms with Crippen LogP contribution in [0.15, 0.2) is 17.1 Å². The van der Waals surface area contributed by atoms with Crippen molar-refractivity contribution in [3.05, 3.63) is 39.7 Å². The Morgan fingerprint density at radius 1 is 1.36 bits per heavy atom. The lowest BCUT2D eigenvalue weighted by atomic mass is 10.1. The smallest absolute Gasteiger partial charge is 0.341 e. The van der Waals surface area contributed by atoms with E-state index in [2.05, 4.69) is 0 Å². The Morgan fingerprint density at radius 3 is 2.59 bits per heavy atom. The molecule has 1 aliphatic rings. The van der Waals surface area contributed by atoms with Crippen LogP contribution in [0.1, 0.15) is 24.2 Å². The van der Waals surface area contributed by atoms with E-state index in [0.29, 0.717) is 6.07 Å². The second kappa shape index (κ2) is 4.19. The second-order valence-electron chi connectivity index (χ2n) is 5.49. The van der Waals surface area contributed by atoms with Gasteiger partial charge in [0.05, 0.1) is 5.39 Å². The Labute approximate surface area is 123 Å². The molecule has 2 aromatic rings. The molecule has 0 saturated heterocycles. The van der Waals surface area contributed by atoms with Gasteiger partial charge >= 0.3 is 5.97 Å². The normalized spacial score (nSPS) is 15.8. The number of aromatic nitrogens is 1. The van der Waals surface area contributed by atoms with Gasteiger partial charge in [0.1, 0.15) is 11.1 Å².